The maximum absolute atomic E-state index is 13.3. The van der Waals surface area contributed by atoms with E-state index in [0.29, 0.717) is 31.1 Å². The number of carbonyl (C=O) groups excluding carboxylic acids is 1. The van der Waals surface area contributed by atoms with Gasteiger partial charge in [-0.1, -0.05) is 19.1 Å². The Morgan fingerprint density at radius 1 is 1.03 bits per heavy atom. The van der Waals surface area contributed by atoms with Crippen LogP contribution in [0.3, 0.4) is 0 Å². The number of nitrogens with zero attached hydrogens (tertiary/aromatic N) is 3. The third-order valence-electron chi connectivity index (χ3n) is 6.12. The molecule has 0 aromatic heterocycles. The predicted molar refractivity (Wildman–Crippen MR) is 128 cm³/mol. The van der Waals surface area contributed by atoms with E-state index in [0.717, 1.165) is 38.2 Å². The van der Waals surface area contributed by atoms with E-state index < -0.39 is 22.2 Å². The molecule has 204 valence electrons. The standard InChI is InChI=1S/C21H34N4O3S.C2HF3O2/c1-2-19-5-7-20(8-6-19)29(27,28)25(18-17-23-12-3-4-13-23)14-9-21(26)24-15-10-22-11-16-24;3-2(4,5)1(6)7/h5-8,22H,2-4,9-18H2,1H3;(H,6,7). The van der Waals surface area contributed by atoms with Crippen molar-refractivity contribution < 1.29 is 36.3 Å². The molecule has 2 aliphatic heterocycles. The molecule has 1 aromatic rings. The number of hydrogen-bond donors (Lipinski definition) is 2. The largest absolute Gasteiger partial charge is 0.490 e. The number of likely N-dealkylation sites (tertiary alicyclic amines) is 1. The van der Waals surface area contributed by atoms with Gasteiger partial charge in [-0.2, -0.15) is 17.5 Å². The lowest BCUT2D eigenvalue weighted by Gasteiger charge is -2.29. The Labute approximate surface area is 210 Å². The molecule has 2 N–H and O–H groups in total. The number of alkyl halides is 3. The summed E-state index contributed by atoms with van der Waals surface area (Å²) >= 11 is 0. The molecule has 36 heavy (non-hydrogen) atoms. The highest BCUT2D eigenvalue weighted by atomic mass is 32.2. The first-order chi connectivity index (χ1) is 16.9. The third kappa shape index (κ3) is 9.34. The fourth-order valence-electron chi connectivity index (χ4n) is 3.95. The van der Waals surface area contributed by atoms with Gasteiger partial charge in [0.2, 0.25) is 15.9 Å². The number of amides is 1. The summed E-state index contributed by atoms with van der Waals surface area (Å²) in [5, 5.41) is 10.4. The third-order valence-corrected chi connectivity index (χ3v) is 8.03. The van der Waals surface area contributed by atoms with E-state index in [-0.39, 0.29) is 18.9 Å². The molecule has 0 spiro atoms. The normalized spacial score (nSPS) is 17.1. The van der Waals surface area contributed by atoms with Crippen LogP contribution in [0.2, 0.25) is 0 Å². The van der Waals surface area contributed by atoms with Gasteiger partial charge in [0, 0.05) is 52.2 Å². The molecule has 1 aromatic carbocycles. The number of carboxylic acids is 1. The van der Waals surface area contributed by atoms with Crippen LogP contribution in [-0.4, -0.2) is 105 Å². The molecule has 2 heterocycles. The zero-order chi connectivity index (χ0) is 26.8. The summed E-state index contributed by atoms with van der Waals surface area (Å²) in [6, 6.07) is 7.12. The number of halogens is 3. The highest BCUT2D eigenvalue weighted by molar-refractivity contribution is 7.89. The Morgan fingerprint density at radius 3 is 2.08 bits per heavy atom. The number of sulfonamides is 1. The first-order valence-electron chi connectivity index (χ1n) is 12.0. The summed E-state index contributed by atoms with van der Waals surface area (Å²) in [4.78, 5) is 25.9. The quantitative estimate of drug-likeness (QED) is 0.495. The Bertz CT molecular complexity index is 945. The molecule has 0 atom stereocenters. The predicted octanol–water partition coefficient (Wildman–Crippen LogP) is 1.79. The molecule has 2 saturated heterocycles. The second-order valence-corrected chi connectivity index (χ2v) is 10.6. The minimum absolute atomic E-state index is 0.0363. The first-order valence-corrected chi connectivity index (χ1v) is 13.5. The summed E-state index contributed by atoms with van der Waals surface area (Å²) in [5.74, 6) is -2.72. The zero-order valence-corrected chi connectivity index (χ0v) is 21.3. The molecular weight excluding hydrogens is 501 g/mol. The van der Waals surface area contributed by atoms with E-state index in [4.69, 9.17) is 9.90 Å². The average Bonchev–Trinajstić information content (AvgIpc) is 3.37. The lowest BCUT2D eigenvalue weighted by molar-refractivity contribution is -0.192. The minimum Gasteiger partial charge on any atom is -0.475 e. The van der Waals surface area contributed by atoms with Gasteiger partial charge >= 0.3 is 12.1 Å². The van der Waals surface area contributed by atoms with Gasteiger partial charge < -0.3 is 20.2 Å². The van der Waals surface area contributed by atoms with Gasteiger partial charge in [0.1, 0.15) is 0 Å². The summed E-state index contributed by atoms with van der Waals surface area (Å²) < 4.78 is 59.8. The van der Waals surface area contributed by atoms with Crippen molar-refractivity contribution in [2.45, 2.75) is 43.7 Å². The molecule has 0 radical (unpaired) electrons. The number of piperazine rings is 1. The van der Waals surface area contributed by atoms with Gasteiger partial charge in [0.05, 0.1) is 4.90 Å². The molecular formula is C23H35F3N4O5S. The molecule has 1 amide bonds. The van der Waals surface area contributed by atoms with Crippen molar-refractivity contribution in [3.63, 3.8) is 0 Å². The van der Waals surface area contributed by atoms with E-state index in [9.17, 15) is 26.4 Å². The van der Waals surface area contributed by atoms with Gasteiger partial charge in [-0.3, -0.25) is 4.79 Å². The average molecular weight is 537 g/mol. The molecule has 0 aliphatic carbocycles. The topological polar surface area (TPSA) is 110 Å². The number of carbonyl (C=O) groups is 2. The van der Waals surface area contributed by atoms with Crippen molar-refractivity contribution in [2.24, 2.45) is 0 Å². The number of carboxylic acid groups (broad SMARTS) is 1. The smallest absolute Gasteiger partial charge is 0.475 e. The molecule has 3 rings (SSSR count). The fraction of sp³-hybridized carbons (Fsp3) is 0.652. The molecule has 9 nitrogen and oxygen atoms in total. The molecule has 0 bridgehead atoms. The monoisotopic (exact) mass is 536 g/mol. The lowest BCUT2D eigenvalue weighted by atomic mass is 10.2. The van der Waals surface area contributed by atoms with Crippen LogP contribution in [0.25, 0.3) is 0 Å². The highest BCUT2D eigenvalue weighted by Gasteiger charge is 2.38. The summed E-state index contributed by atoms with van der Waals surface area (Å²) in [5.41, 5.74) is 1.11. The van der Waals surface area contributed by atoms with Crippen LogP contribution >= 0.6 is 0 Å². The summed E-state index contributed by atoms with van der Waals surface area (Å²) in [6.45, 7) is 8.45. The maximum Gasteiger partial charge on any atom is 0.490 e. The van der Waals surface area contributed by atoms with Crippen LogP contribution in [0.1, 0.15) is 31.7 Å². The number of rotatable bonds is 9. The van der Waals surface area contributed by atoms with E-state index in [1.54, 1.807) is 12.1 Å². The van der Waals surface area contributed by atoms with Crippen LogP contribution in [0.5, 0.6) is 0 Å². The van der Waals surface area contributed by atoms with Crippen LogP contribution in [-0.2, 0) is 26.0 Å². The Balaban J connectivity index is 0.000000572. The van der Waals surface area contributed by atoms with Crippen molar-refractivity contribution in [2.75, 3.05) is 58.9 Å². The Hall–Kier alpha value is -2.22. The summed E-state index contributed by atoms with van der Waals surface area (Å²) in [7, 11) is -3.62. The van der Waals surface area contributed by atoms with Crippen molar-refractivity contribution in [1.29, 1.82) is 0 Å². The molecule has 2 fully saturated rings. The maximum atomic E-state index is 13.3. The molecule has 13 heteroatoms. The number of hydrogen-bond acceptors (Lipinski definition) is 6. The Kier molecular flexibility index (Phi) is 11.6. The van der Waals surface area contributed by atoms with E-state index in [1.165, 1.54) is 17.1 Å². The van der Waals surface area contributed by atoms with Crippen LogP contribution in [0, 0.1) is 0 Å². The Morgan fingerprint density at radius 2 is 1.58 bits per heavy atom. The number of benzene rings is 1. The lowest BCUT2D eigenvalue weighted by Crippen LogP contribution is -2.47. The van der Waals surface area contributed by atoms with E-state index >= 15 is 0 Å². The molecule has 0 saturated carbocycles. The zero-order valence-electron chi connectivity index (χ0n) is 20.5. The second-order valence-electron chi connectivity index (χ2n) is 8.63. The van der Waals surface area contributed by atoms with Gasteiger partial charge in [0.15, 0.2) is 0 Å². The van der Waals surface area contributed by atoms with Gasteiger partial charge in [-0.15, -0.1) is 0 Å². The van der Waals surface area contributed by atoms with Gasteiger partial charge in [0.25, 0.3) is 0 Å². The van der Waals surface area contributed by atoms with Crippen molar-refractivity contribution in [3.8, 4) is 0 Å². The van der Waals surface area contributed by atoms with Gasteiger partial charge in [-0.05, 0) is 50.0 Å². The SMILES string of the molecule is CCc1ccc(S(=O)(=O)N(CCC(=O)N2CCNCC2)CCN2CCCC2)cc1.O=C(O)C(F)(F)F. The van der Waals surface area contributed by atoms with Crippen molar-refractivity contribution in [1.82, 2.24) is 19.4 Å². The van der Waals surface area contributed by atoms with Crippen molar-refractivity contribution >= 4 is 21.9 Å². The van der Waals surface area contributed by atoms with E-state index in [2.05, 4.69) is 10.2 Å². The highest BCUT2D eigenvalue weighted by Crippen LogP contribution is 2.18. The van der Waals surface area contributed by atoms with Crippen LogP contribution in [0.4, 0.5) is 13.2 Å². The van der Waals surface area contributed by atoms with Crippen LogP contribution < -0.4 is 5.32 Å². The number of aryl methyl sites for hydroxylation is 1. The minimum atomic E-state index is -5.08. The van der Waals surface area contributed by atoms with Crippen molar-refractivity contribution in [3.05, 3.63) is 29.8 Å². The second kappa shape index (κ2) is 13.9. The molecule has 0 unspecified atom stereocenters. The number of aliphatic carboxylic acids is 1. The molecule has 2 aliphatic rings. The van der Waals surface area contributed by atoms with Gasteiger partial charge in [-0.25, -0.2) is 13.2 Å². The summed E-state index contributed by atoms with van der Waals surface area (Å²) in [6.07, 6.45) is -1.64. The van der Waals surface area contributed by atoms with Crippen LogP contribution in [0.15, 0.2) is 29.2 Å². The fourth-order valence-corrected chi connectivity index (χ4v) is 5.38. The first kappa shape index (κ1) is 30.0. The van der Waals surface area contributed by atoms with E-state index in [1.807, 2.05) is 24.0 Å². The number of nitrogens with one attached hydrogen (secondary N) is 1.